The summed E-state index contributed by atoms with van der Waals surface area (Å²) in [6.07, 6.45) is 5.30. The maximum Gasteiger partial charge on any atom is 0.233 e. The van der Waals surface area contributed by atoms with Crippen molar-refractivity contribution in [2.24, 2.45) is 23.7 Å². The fourth-order valence-electron chi connectivity index (χ4n) is 5.97. The molecule has 4 heteroatoms. The number of likely N-dealkylation sites (tertiary alicyclic amines) is 2. The third-order valence-corrected chi connectivity index (χ3v) is 7.13. The maximum atomic E-state index is 13.0. The normalized spacial score (nSPS) is 35.6. The maximum absolute atomic E-state index is 13.0. The van der Waals surface area contributed by atoms with E-state index in [1.807, 2.05) is 6.07 Å². The molecule has 0 radical (unpaired) electrons. The van der Waals surface area contributed by atoms with Crippen LogP contribution in [0.2, 0.25) is 0 Å². The van der Waals surface area contributed by atoms with E-state index in [1.54, 1.807) is 4.90 Å². The largest absolute Gasteiger partial charge is 0.299 e. The van der Waals surface area contributed by atoms with Crippen LogP contribution in [0.1, 0.15) is 37.7 Å². The van der Waals surface area contributed by atoms with Gasteiger partial charge in [0.25, 0.3) is 0 Å². The molecule has 5 rings (SSSR count). The molecule has 1 aromatic carbocycles. The summed E-state index contributed by atoms with van der Waals surface area (Å²) in [6.45, 7) is 2.91. The van der Waals surface area contributed by atoms with Gasteiger partial charge in [0.15, 0.2) is 0 Å². The van der Waals surface area contributed by atoms with Crippen LogP contribution < -0.4 is 0 Å². The summed E-state index contributed by atoms with van der Waals surface area (Å²) < 4.78 is 0. The van der Waals surface area contributed by atoms with Crippen molar-refractivity contribution < 1.29 is 9.59 Å². The summed E-state index contributed by atoms with van der Waals surface area (Å²) in [4.78, 5) is 30.1. The van der Waals surface area contributed by atoms with Gasteiger partial charge in [-0.05, 0) is 49.5 Å². The molecule has 4 nitrogen and oxygen atoms in total. The van der Waals surface area contributed by atoms with Crippen molar-refractivity contribution >= 4 is 11.8 Å². The van der Waals surface area contributed by atoms with Crippen molar-refractivity contribution in [3.05, 3.63) is 35.9 Å². The number of nitrogens with zero attached hydrogens (tertiary/aromatic N) is 2. The summed E-state index contributed by atoms with van der Waals surface area (Å²) in [5.74, 6) is 1.40. The average Bonchev–Trinajstić information content (AvgIpc) is 3.31. The molecule has 2 saturated heterocycles. The van der Waals surface area contributed by atoms with Crippen molar-refractivity contribution in [1.29, 1.82) is 0 Å². The first-order valence-electron chi connectivity index (χ1n) is 9.85. The topological polar surface area (TPSA) is 40.6 Å². The molecule has 0 aromatic heterocycles. The van der Waals surface area contributed by atoms with Crippen molar-refractivity contribution in [3.63, 3.8) is 0 Å². The molecule has 1 aromatic rings. The first-order valence-corrected chi connectivity index (χ1v) is 9.85. The lowest BCUT2D eigenvalue weighted by Crippen LogP contribution is -2.48. The summed E-state index contributed by atoms with van der Waals surface area (Å²) in [7, 11) is 0. The smallest absolute Gasteiger partial charge is 0.233 e. The quantitative estimate of drug-likeness (QED) is 0.796. The number of hydrogen-bond acceptors (Lipinski definition) is 3. The van der Waals surface area contributed by atoms with Gasteiger partial charge in [0, 0.05) is 25.7 Å². The van der Waals surface area contributed by atoms with E-state index >= 15 is 0 Å². The van der Waals surface area contributed by atoms with Gasteiger partial charge in [0.2, 0.25) is 11.8 Å². The standard InChI is InChI=1S/C21H26N2O2/c24-20-18-15-6-7-16(12-15)19(18)21(25)23(20)17-8-10-22(11-9-17)13-14-4-2-1-3-5-14/h1-5,15-19H,6-13H2/t15-,16-,18+,19+/m0/s1. The molecule has 2 saturated carbocycles. The van der Waals surface area contributed by atoms with Gasteiger partial charge < -0.3 is 0 Å². The number of imide groups is 1. The van der Waals surface area contributed by atoms with Crippen molar-refractivity contribution in [1.82, 2.24) is 9.80 Å². The van der Waals surface area contributed by atoms with Gasteiger partial charge in [-0.1, -0.05) is 30.3 Å². The first kappa shape index (κ1) is 15.6. The van der Waals surface area contributed by atoms with Gasteiger partial charge in [-0.15, -0.1) is 0 Å². The molecule has 4 atom stereocenters. The lowest BCUT2D eigenvalue weighted by atomic mass is 9.81. The Labute approximate surface area is 149 Å². The predicted molar refractivity (Wildman–Crippen MR) is 94.4 cm³/mol. The Morgan fingerprint density at radius 2 is 1.44 bits per heavy atom. The summed E-state index contributed by atoms with van der Waals surface area (Å²) in [5.41, 5.74) is 1.33. The van der Waals surface area contributed by atoms with Gasteiger partial charge in [0.1, 0.15) is 0 Å². The molecule has 2 aliphatic heterocycles. The van der Waals surface area contributed by atoms with Gasteiger partial charge in [-0.25, -0.2) is 0 Å². The van der Waals surface area contributed by atoms with Crippen LogP contribution in [-0.4, -0.2) is 40.7 Å². The van der Waals surface area contributed by atoms with Crippen LogP contribution >= 0.6 is 0 Å². The molecule has 132 valence electrons. The van der Waals surface area contributed by atoms with Crippen molar-refractivity contribution in [2.45, 2.75) is 44.7 Å². The lowest BCUT2D eigenvalue weighted by Gasteiger charge is -2.36. The second-order valence-corrected chi connectivity index (χ2v) is 8.42. The van der Waals surface area contributed by atoms with Crippen LogP contribution in [0.25, 0.3) is 0 Å². The van der Waals surface area contributed by atoms with Gasteiger partial charge in [-0.2, -0.15) is 0 Å². The Morgan fingerprint density at radius 1 is 0.840 bits per heavy atom. The molecule has 2 aliphatic carbocycles. The number of fused-ring (bicyclic) bond motifs is 5. The molecule has 0 N–H and O–H groups in total. The van der Waals surface area contributed by atoms with Crippen LogP contribution in [0.15, 0.2) is 30.3 Å². The molecule has 4 fully saturated rings. The van der Waals surface area contributed by atoms with E-state index in [1.165, 1.54) is 5.56 Å². The minimum absolute atomic E-state index is 0.0357. The van der Waals surface area contributed by atoms with E-state index < -0.39 is 0 Å². The van der Waals surface area contributed by atoms with Crippen LogP contribution in [0.4, 0.5) is 0 Å². The summed E-state index contributed by atoms with van der Waals surface area (Å²) in [6, 6.07) is 10.7. The van der Waals surface area contributed by atoms with Gasteiger partial charge in [-0.3, -0.25) is 19.4 Å². The highest BCUT2D eigenvalue weighted by Crippen LogP contribution is 2.56. The second-order valence-electron chi connectivity index (χ2n) is 8.42. The Kier molecular flexibility index (Phi) is 3.70. The first-order chi connectivity index (χ1) is 12.2. The number of rotatable bonds is 3. The number of carbonyl (C=O) groups is 2. The van der Waals surface area contributed by atoms with Crippen molar-refractivity contribution in [3.8, 4) is 0 Å². The number of carbonyl (C=O) groups excluding carboxylic acids is 2. The minimum Gasteiger partial charge on any atom is -0.299 e. The Morgan fingerprint density at radius 3 is 2.04 bits per heavy atom. The van der Waals surface area contributed by atoms with Gasteiger partial charge >= 0.3 is 0 Å². The minimum atomic E-state index is 0.0357. The number of hydrogen-bond donors (Lipinski definition) is 0. The second kappa shape index (κ2) is 5.94. The zero-order chi connectivity index (χ0) is 17.0. The number of amides is 2. The monoisotopic (exact) mass is 338 g/mol. The highest BCUT2D eigenvalue weighted by Gasteiger charge is 2.61. The van der Waals surface area contributed by atoms with Crippen molar-refractivity contribution in [2.75, 3.05) is 13.1 Å². The number of piperidine rings is 1. The summed E-state index contributed by atoms with van der Waals surface area (Å²) >= 11 is 0. The van der Waals surface area contributed by atoms with Crippen LogP contribution in [0, 0.1) is 23.7 Å². The molecule has 0 unspecified atom stereocenters. The Balaban J connectivity index is 1.24. The predicted octanol–water partition coefficient (Wildman–Crippen LogP) is 2.68. The SMILES string of the molecule is O=C1[C@@H]2[C@H]3CC[C@@H](C3)[C@H]2C(=O)N1C1CCN(Cc2ccccc2)CC1. The fraction of sp³-hybridized carbons (Fsp3) is 0.619. The molecule has 2 heterocycles. The lowest BCUT2D eigenvalue weighted by molar-refractivity contribution is -0.144. The molecule has 2 amide bonds. The van der Waals surface area contributed by atoms with E-state index in [2.05, 4.69) is 29.2 Å². The van der Waals surface area contributed by atoms with Crippen LogP contribution in [0.3, 0.4) is 0 Å². The van der Waals surface area contributed by atoms with Gasteiger partial charge in [0.05, 0.1) is 11.8 Å². The molecular formula is C21H26N2O2. The van der Waals surface area contributed by atoms with E-state index in [0.29, 0.717) is 11.8 Å². The summed E-state index contributed by atoms with van der Waals surface area (Å²) in [5, 5.41) is 0. The highest BCUT2D eigenvalue weighted by molar-refractivity contribution is 6.06. The fourth-order valence-corrected chi connectivity index (χ4v) is 5.97. The zero-order valence-electron chi connectivity index (χ0n) is 14.6. The van der Waals surface area contributed by atoms with Crippen LogP contribution in [-0.2, 0) is 16.1 Å². The van der Waals surface area contributed by atoms with E-state index in [4.69, 9.17) is 0 Å². The molecule has 2 bridgehead atoms. The van der Waals surface area contributed by atoms with E-state index in [0.717, 1.165) is 51.7 Å². The highest BCUT2D eigenvalue weighted by atomic mass is 16.2. The molecule has 4 aliphatic rings. The van der Waals surface area contributed by atoms with Crippen LogP contribution in [0.5, 0.6) is 0 Å². The molecular weight excluding hydrogens is 312 g/mol. The third kappa shape index (κ3) is 2.45. The Hall–Kier alpha value is -1.68. The molecule has 0 spiro atoms. The van der Waals surface area contributed by atoms with E-state index in [9.17, 15) is 9.59 Å². The van der Waals surface area contributed by atoms with E-state index in [-0.39, 0.29) is 29.7 Å². The molecule has 25 heavy (non-hydrogen) atoms. The number of benzene rings is 1. The zero-order valence-corrected chi connectivity index (χ0v) is 14.6. The Bertz CT molecular complexity index is 652. The average molecular weight is 338 g/mol. The third-order valence-electron chi connectivity index (χ3n) is 7.13.